The normalized spacial score (nSPS) is 12.6. The van der Waals surface area contributed by atoms with Crippen molar-refractivity contribution < 1.29 is 14.2 Å². The summed E-state index contributed by atoms with van der Waals surface area (Å²) in [4.78, 5) is 0. The van der Waals surface area contributed by atoms with Gasteiger partial charge in [-0.1, -0.05) is 11.6 Å². The zero-order chi connectivity index (χ0) is 10.7. The topological polar surface area (TPSA) is 55.5 Å². The first-order chi connectivity index (χ1) is 6.60. The number of methoxy groups -OCH3 is 1. The summed E-state index contributed by atoms with van der Waals surface area (Å²) in [6.45, 7) is -0.231. The van der Waals surface area contributed by atoms with E-state index in [1.807, 2.05) is 0 Å². The maximum Gasteiger partial charge on any atom is 0.183 e. The fourth-order valence-electron chi connectivity index (χ4n) is 1.05. The molecule has 0 aromatic heterocycles. The van der Waals surface area contributed by atoms with Crippen LogP contribution in [0.15, 0.2) is 12.1 Å². The number of benzene rings is 1. The van der Waals surface area contributed by atoms with Gasteiger partial charge in [0, 0.05) is 0 Å². The number of ether oxygens (including phenoxy) is 1. The van der Waals surface area contributed by atoms with Crippen LogP contribution in [0.2, 0.25) is 5.02 Å². The summed E-state index contributed by atoms with van der Waals surface area (Å²) in [5.74, 6) is -0.598. The van der Waals surface area contributed by atoms with Gasteiger partial charge in [-0.05, 0) is 17.7 Å². The van der Waals surface area contributed by atoms with Crippen LogP contribution in [-0.2, 0) is 0 Å². The molecule has 5 heteroatoms. The van der Waals surface area contributed by atoms with Gasteiger partial charge in [0.05, 0.1) is 24.8 Å². The van der Waals surface area contributed by atoms with Gasteiger partial charge in [0.1, 0.15) is 0 Å². The molecule has 1 atom stereocenters. The first-order valence-electron chi connectivity index (χ1n) is 3.99. The van der Waals surface area contributed by atoms with Gasteiger partial charge in [-0.3, -0.25) is 0 Å². The average Bonchev–Trinajstić information content (AvgIpc) is 2.20. The molecule has 0 aliphatic heterocycles. The van der Waals surface area contributed by atoms with Crippen LogP contribution in [0.25, 0.3) is 0 Å². The van der Waals surface area contributed by atoms with Gasteiger partial charge in [-0.2, -0.15) is 0 Å². The molecule has 1 unspecified atom stereocenters. The van der Waals surface area contributed by atoms with Crippen LogP contribution in [0.3, 0.4) is 0 Å². The van der Waals surface area contributed by atoms with Crippen molar-refractivity contribution in [3.05, 3.63) is 28.5 Å². The Morgan fingerprint density at radius 1 is 1.64 bits per heavy atom. The molecule has 1 aromatic carbocycles. The number of aliphatic hydroxyl groups excluding tert-OH is 1. The van der Waals surface area contributed by atoms with Gasteiger partial charge in [-0.15, -0.1) is 0 Å². The predicted octanol–water partition coefficient (Wildman–Crippen LogP) is 1.48. The fourth-order valence-corrected chi connectivity index (χ4v) is 1.27. The van der Waals surface area contributed by atoms with Crippen LogP contribution in [0.5, 0.6) is 5.75 Å². The van der Waals surface area contributed by atoms with Gasteiger partial charge < -0.3 is 15.6 Å². The minimum atomic E-state index is -0.622. The number of hydrogen-bond acceptors (Lipinski definition) is 3. The number of halogens is 2. The van der Waals surface area contributed by atoms with Crippen molar-refractivity contribution in [3.8, 4) is 5.75 Å². The van der Waals surface area contributed by atoms with Gasteiger partial charge in [0.15, 0.2) is 11.6 Å². The maximum absolute atomic E-state index is 13.2. The third kappa shape index (κ3) is 2.15. The lowest BCUT2D eigenvalue weighted by molar-refractivity contribution is 0.267. The van der Waals surface area contributed by atoms with Crippen molar-refractivity contribution >= 4 is 11.6 Å². The fraction of sp³-hybridized carbons (Fsp3) is 0.333. The molecular formula is C9H11ClFNO2. The molecule has 1 rings (SSSR count). The van der Waals surface area contributed by atoms with Crippen molar-refractivity contribution in [3.63, 3.8) is 0 Å². The van der Waals surface area contributed by atoms with E-state index in [4.69, 9.17) is 27.2 Å². The summed E-state index contributed by atoms with van der Waals surface area (Å²) in [6, 6.07) is 2.21. The summed E-state index contributed by atoms with van der Waals surface area (Å²) in [7, 11) is 1.34. The highest BCUT2D eigenvalue weighted by Gasteiger charge is 2.13. The Hall–Kier alpha value is -0.840. The maximum atomic E-state index is 13.2. The molecule has 0 aliphatic carbocycles. The van der Waals surface area contributed by atoms with Gasteiger partial charge in [-0.25, -0.2) is 4.39 Å². The summed E-state index contributed by atoms with van der Waals surface area (Å²) < 4.78 is 18.0. The number of nitrogens with two attached hydrogens (primary N) is 1. The molecule has 0 saturated heterocycles. The zero-order valence-electron chi connectivity index (χ0n) is 7.63. The third-order valence-corrected chi connectivity index (χ3v) is 2.14. The van der Waals surface area contributed by atoms with Crippen molar-refractivity contribution in [2.24, 2.45) is 5.73 Å². The first-order valence-corrected chi connectivity index (χ1v) is 4.37. The van der Waals surface area contributed by atoms with Crippen LogP contribution in [0, 0.1) is 5.82 Å². The summed E-state index contributed by atoms with van der Waals surface area (Å²) in [5.41, 5.74) is 6.09. The SMILES string of the molecule is COc1cc(C(N)CO)cc(Cl)c1F. The van der Waals surface area contributed by atoms with E-state index in [2.05, 4.69) is 0 Å². The third-order valence-electron chi connectivity index (χ3n) is 1.86. The number of hydrogen-bond donors (Lipinski definition) is 2. The number of rotatable bonds is 3. The van der Waals surface area contributed by atoms with E-state index in [-0.39, 0.29) is 17.4 Å². The van der Waals surface area contributed by atoms with E-state index in [1.54, 1.807) is 0 Å². The molecule has 0 aliphatic rings. The van der Waals surface area contributed by atoms with E-state index in [0.717, 1.165) is 0 Å². The Bertz CT molecular complexity index is 333. The molecule has 0 fully saturated rings. The Morgan fingerprint density at radius 3 is 2.79 bits per heavy atom. The Labute approximate surface area is 86.2 Å². The molecule has 0 spiro atoms. The molecule has 0 heterocycles. The summed E-state index contributed by atoms with van der Waals surface area (Å²) in [6.07, 6.45) is 0. The molecule has 0 amide bonds. The van der Waals surface area contributed by atoms with Crippen molar-refractivity contribution in [2.45, 2.75) is 6.04 Å². The molecule has 1 aromatic rings. The van der Waals surface area contributed by atoms with Crippen molar-refractivity contribution in [1.29, 1.82) is 0 Å². The van der Waals surface area contributed by atoms with Gasteiger partial charge >= 0.3 is 0 Å². The Balaban J connectivity index is 3.16. The molecule has 0 radical (unpaired) electrons. The van der Waals surface area contributed by atoms with E-state index < -0.39 is 11.9 Å². The molecule has 3 nitrogen and oxygen atoms in total. The molecule has 0 saturated carbocycles. The van der Waals surface area contributed by atoms with Crippen LogP contribution < -0.4 is 10.5 Å². The minimum Gasteiger partial charge on any atom is -0.494 e. The number of aliphatic hydroxyl groups is 1. The standard InChI is InChI=1S/C9H11ClFNO2/c1-14-8-3-5(7(12)4-13)2-6(10)9(8)11/h2-3,7,13H,4,12H2,1H3. The average molecular weight is 220 g/mol. The molecule has 3 N–H and O–H groups in total. The highest BCUT2D eigenvalue weighted by Crippen LogP contribution is 2.28. The van der Waals surface area contributed by atoms with E-state index in [9.17, 15) is 4.39 Å². The Kier molecular flexibility index (Phi) is 3.69. The first kappa shape index (κ1) is 11.2. The smallest absolute Gasteiger partial charge is 0.183 e. The van der Waals surface area contributed by atoms with Crippen LogP contribution in [0.4, 0.5) is 4.39 Å². The Morgan fingerprint density at radius 2 is 2.29 bits per heavy atom. The van der Waals surface area contributed by atoms with Gasteiger partial charge in [0.25, 0.3) is 0 Å². The van der Waals surface area contributed by atoms with Crippen molar-refractivity contribution in [2.75, 3.05) is 13.7 Å². The molecule has 78 valence electrons. The lowest BCUT2D eigenvalue weighted by atomic mass is 10.1. The highest BCUT2D eigenvalue weighted by atomic mass is 35.5. The van der Waals surface area contributed by atoms with E-state index >= 15 is 0 Å². The highest BCUT2D eigenvalue weighted by molar-refractivity contribution is 6.31. The van der Waals surface area contributed by atoms with Crippen LogP contribution in [0.1, 0.15) is 11.6 Å². The van der Waals surface area contributed by atoms with E-state index in [0.29, 0.717) is 5.56 Å². The zero-order valence-corrected chi connectivity index (χ0v) is 8.38. The van der Waals surface area contributed by atoms with E-state index in [1.165, 1.54) is 19.2 Å². The quantitative estimate of drug-likeness (QED) is 0.810. The second-order valence-electron chi connectivity index (χ2n) is 2.81. The second-order valence-corrected chi connectivity index (χ2v) is 3.22. The lowest BCUT2D eigenvalue weighted by Gasteiger charge is -2.11. The molecule has 14 heavy (non-hydrogen) atoms. The van der Waals surface area contributed by atoms with Crippen LogP contribution >= 0.6 is 11.6 Å². The van der Waals surface area contributed by atoms with Gasteiger partial charge in [0.2, 0.25) is 0 Å². The summed E-state index contributed by atoms with van der Waals surface area (Å²) >= 11 is 5.61. The van der Waals surface area contributed by atoms with Crippen molar-refractivity contribution in [1.82, 2.24) is 0 Å². The van der Waals surface area contributed by atoms with Crippen LogP contribution in [-0.4, -0.2) is 18.8 Å². The minimum absolute atomic E-state index is 0.0244. The summed E-state index contributed by atoms with van der Waals surface area (Å²) in [5, 5.41) is 8.74. The largest absolute Gasteiger partial charge is 0.494 e. The molecule has 0 bridgehead atoms. The predicted molar refractivity (Wildman–Crippen MR) is 52.0 cm³/mol. The lowest BCUT2D eigenvalue weighted by Crippen LogP contribution is -2.14. The monoisotopic (exact) mass is 219 g/mol. The molecular weight excluding hydrogens is 209 g/mol. The second kappa shape index (κ2) is 4.59.